The molecule has 1 unspecified atom stereocenters. The van der Waals surface area contributed by atoms with E-state index in [-0.39, 0.29) is 12.0 Å². The second-order valence-corrected chi connectivity index (χ2v) is 6.84. The van der Waals surface area contributed by atoms with Gasteiger partial charge < -0.3 is 9.64 Å². The molecule has 4 rings (SSSR count). The van der Waals surface area contributed by atoms with Crippen molar-refractivity contribution in [2.24, 2.45) is 7.05 Å². The van der Waals surface area contributed by atoms with E-state index in [1.165, 1.54) is 0 Å². The quantitative estimate of drug-likeness (QED) is 0.836. The Hall–Kier alpha value is -2.22. The number of ether oxygens (including phenoxy) is 1. The van der Waals surface area contributed by atoms with Gasteiger partial charge in [-0.05, 0) is 32.6 Å². The van der Waals surface area contributed by atoms with E-state index in [1.54, 1.807) is 10.9 Å². The van der Waals surface area contributed by atoms with Crippen molar-refractivity contribution in [3.63, 3.8) is 0 Å². The Morgan fingerprint density at radius 1 is 1.28 bits per heavy atom. The molecule has 1 atom stereocenters. The first-order valence-electron chi connectivity index (χ1n) is 8.96. The highest BCUT2D eigenvalue weighted by atomic mass is 16.5. The monoisotopic (exact) mass is 344 g/mol. The lowest BCUT2D eigenvalue weighted by Crippen LogP contribution is -2.43. The van der Waals surface area contributed by atoms with Crippen molar-refractivity contribution >= 4 is 5.91 Å². The van der Waals surface area contributed by atoms with Crippen molar-refractivity contribution in [2.75, 3.05) is 19.7 Å². The summed E-state index contributed by atoms with van der Waals surface area (Å²) >= 11 is 0. The molecule has 0 saturated carbocycles. The van der Waals surface area contributed by atoms with Crippen LogP contribution in [-0.4, -0.2) is 61.2 Å². The molecule has 0 spiro atoms. The third-order valence-electron chi connectivity index (χ3n) is 5.13. The molecule has 25 heavy (non-hydrogen) atoms. The van der Waals surface area contributed by atoms with E-state index in [9.17, 15) is 4.79 Å². The van der Waals surface area contributed by atoms with Crippen molar-refractivity contribution in [2.45, 2.75) is 44.6 Å². The van der Waals surface area contributed by atoms with Crippen molar-refractivity contribution in [1.82, 2.24) is 29.4 Å². The van der Waals surface area contributed by atoms with Crippen LogP contribution in [0.1, 0.15) is 43.3 Å². The van der Waals surface area contributed by atoms with Crippen LogP contribution in [0.3, 0.4) is 0 Å². The van der Waals surface area contributed by atoms with Crippen LogP contribution in [0.25, 0.3) is 5.82 Å². The molecule has 2 aromatic heterocycles. The fourth-order valence-corrected chi connectivity index (χ4v) is 3.77. The van der Waals surface area contributed by atoms with Gasteiger partial charge in [-0.25, -0.2) is 4.98 Å². The highest BCUT2D eigenvalue weighted by molar-refractivity contribution is 5.81. The highest BCUT2D eigenvalue weighted by Crippen LogP contribution is 2.29. The molecule has 2 saturated heterocycles. The number of nitrogens with zero attached hydrogens (tertiary/aromatic N) is 6. The number of piperidine rings is 1. The number of likely N-dealkylation sites (tertiary alicyclic amines) is 1. The van der Waals surface area contributed by atoms with Crippen molar-refractivity contribution in [1.29, 1.82) is 0 Å². The van der Waals surface area contributed by atoms with Gasteiger partial charge in [-0.3, -0.25) is 9.48 Å². The van der Waals surface area contributed by atoms with Gasteiger partial charge in [-0.1, -0.05) is 0 Å². The number of hydrogen-bond acceptors (Lipinski definition) is 5. The lowest BCUT2D eigenvalue weighted by molar-refractivity contribution is -0.142. The van der Waals surface area contributed by atoms with Gasteiger partial charge in [0.25, 0.3) is 5.91 Å². The van der Waals surface area contributed by atoms with Gasteiger partial charge in [-0.15, -0.1) is 5.10 Å². The number of aromatic nitrogens is 5. The zero-order valence-corrected chi connectivity index (χ0v) is 14.8. The van der Waals surface area contributed by atoms with Crippen LogP contribution < -0.4 is 0 Å². The molecule has 0 radical (unpaired) electrons. The second-order valence-electron chi connectivity index (χ2n) is 6.84. The first kappa shape index (κ1) is 16.3. The fraction of sp³-hybridized carbons (Fsp3) is 0.647. The lowest BCUT2D eigenvalue weighted by Gasteiger charge is -2.32. The predicted octanol–water partition coefficient (Wildman–Crippen LogP) is 1.19. The molecule has 4 heterocycles. The maximum atomic E-state index is 12.5. The summed E-state index contributed by atoms with van der Waals surface area (Å²) in [5, 5.41) is 8.78. The fourth-order valence-electron chi connectivity index (χ4n) is 3.77. The van der Waals surface area contributed by atoms with Crippen LogP contribution >= 0.6 is 0 Å². The summed E-state index contributed by atoms with van der Waals surface area (Å²) in [5.41, 5.74) is 0. The van der Waals surface area contributed by atoms with Gasteiger partial charge in [0, 0.05) is 38.7 Å². The largest absolute Gasteiger partial charge is 0.368 e. The zero-order chi connectivity index (χ0) is 17.4. The molecule has 0 aromatic carbocycles. The topological polar surface area (TPSA) is 78.1 Å². The summed E-state index contributed by atoms with van der Waals surface area (Å²) in [7, 11) is 1.90. The molecule has 0 N–H and O–H groups in total. The summed E-state index contributed by atoms with van der Waals surface area (Å²) in [4.78, 5) is 19.1. The molecule has 0 aliphatic carbocycles. The van der Waals surface area contributed by atoms with Crippen molar-refractivity contribution in [3.8, 4) is 5.82 Å². The van der Waals surface area contributed by atoms with Gasteiger partial charge in [0.15, 0.2) is 5.82 Å². The van der Waals surface area contributed by atoms with Crippen LogP contribution in [0, 0.1) is 6.92 Å². The van der Waals surface area contributed by atoms with Crippen LogP contribution in [0.2, 0.25) is 0 Å². The van der Waals surface area contributed by atoms with E-state index >= 15 is 0 Å². The van der Waals surface area contributed by atoms with E-state index < -0.39 is 0 Å². The number of hydrogen-bond donors (Lipinski definition) is 0. The SMILES string of the molecule is Cc1nc(C2CCN(C(=O)C3CCCO3)CC2)n(-c2ccnn2C)n1. The molecule has 2 aliphatic rings. The summed E-state index contributed by atoms with van der Waals surface area (Å²) in [5.74, 6) is 3.08. The molecule has 2 aromatic rings. The maximum absolute atomic E-state index is 12.5. The molecule has 0 bridgehead atoms. The maximum Gasteiger partial charge on any atom is 0.251 e. The Morgan fingerprint density at radius 3 is 2.72 bits per heavy atom. The van der Waals surface area contributed by atoms with E-state index in [0.29, 0.717) is 12.5 Å². The normalized spacial score (nSPS) is 21.8. The van der Waals surface area contributed by atoms with E-state index in [1.807, 2.05) is 29.6 Å². The van der Waals surface area contributed by atoms with Gasteiger partial charge in [0.05, 0.1) is 6.20 Å². The first-order valence-corrected chi connectivity index (χ1v) is 8.96. The van der Waals surface area contributed by atoms with Gasteiger partial charge in [-0.2, -0.15) is 9.78 Å². The molecule has 8 heteroatoms. The number of rotatable bonds is 3. The third-order valence-corrected chi connectivity index (χ3v) is 5.13. The van der Waals surface area contributed by atoms with Crippen LogP contribution in [0.5, 0.6) is 0 Å². The Kier molecular flexibility index (Phi) is 4.29. The minimum atomic E-state index is -0.225. The van der Waals surface area contributed by atoms with Crippen molar-refractivity contribution < 1.29 is 9.53 Å². The number of carbonyl (C=O) groups excluding carboxylic acids is 1. The highest BCUT2D eigenvalue weighted by Gasteiger charge is 2.33. The molecule has 134 valence electrons. The van der Waals surface area contributed by atoms with Crippen LogP contribution in [0.4, 0.5) is 0 Å². The predicted molar refractivity (Wildman–Crippen MR) is 90.4 cm³/mol. The number of aryl methyl sites for hydroxylation is 2. The van der Waals surface area contributed by atoms with E-state index in [4.69, 9.17) is 4.74 Å². The minimum Gasteiger partial charge on any atom is -0.368 e. The molecular weight excluding hydrogens is 320 g/mol. The molecule has 2 aliphatic heterocycles. The third kappa shape index (κ3) is 3.06. The summed E-state index contributed by atoms with van der Waals surface area (Å²) < 4.78 is 9.23. The van der Waals surface area contributed by atoms with Gasteiger partial charge in [0.1, 0.15) is 17.8 Å². The minimum absolute atomic E-state index is 0.153. The average molecular weight is 344 g/mol. The van der Waals surface area contributed by atoms with Gasteiger partial charge >= 0.3 is 0 Å². The lowest BCUT2D eigenvalue weighted by atomic mass is 9.95. The van der Waals surface area contributed by atoms with E-state index in [2.05, 4.69) is 15.2 Å². The Labute approximate surface area is 146 Å². The summed E-state index contributed by atoms with van der Waals surface area (Å²) in [6, 6.07) is 1.94. The number of amides is 1. The van der Waals surface area contributed by atoms with Crippen LogP contribution in [0.15, 0.2) is 12.3 Å². The van der Waals surface area contributed by atoms with Crippen LogP contribution in [-0.2, 0) is 16.6 Å². The summed E-state index contributed by atoms with van der Waals surface area (Å²) in [6.45, 7) is 4.12. The second kappa shape index (κ2) is 6.59. The Morgan fingerprint density at radius 2 is 2.08 bits per heavy atom. The summed E-state index contributed by atoms with van der Waals surface area (Å²) in [6.07, 6.45) is 5.17. The Bertz CT molecular complexity index is 753. The molecule has 2 fully saturated rings. The molecule has 1 amide bonds. The Balaban J connectivity index is 1.48. The standard InChI is InChI=1S/C17H24N6O2/c1-12-19-16(23(20-12)15-5-8-18-21(15)2)13-6-9-22(10-7-13)17(24)14-4-3-11-25-14/h5,8,13-14H,3-4,6-7,9-11H2,1-2H3. The first-order chi connectivity index (χ1) is 12.1. The molecule has 8 nitrogen and oxygen atoms in total. The zero-order valence-electron chi connectivity index (χ0n) is 14.8. The number of carbonyl (C=O) groups is 1. The van der Waals surface area contributed by atoms with E-state index in [0.717, 1.165) is 56.2 Å². The smallest absolute Gasteiger partial charge is 0.251 e. The van der Waals surface area contributed by atoms with Gasteiger partial charge in [0.2, 0.25) is 0 Å². The average Bonchev–Trinajstić information content (AvgIpc) is 3.35. The van der Waals surface area contributed by atoms with Crippen molar-refractivity contribution in [3.05, 3.63) is 23.9 Å². The molecular formula is C17H24N6O2.